The Morgan fingerprint density at radius 2 is 2.00 bits per heavy atom. The number of aromatic nitrogens is 1. The molecule has 4 nitrogen and oxygen atoms in total. The lowest BCUT2D eigenvalue weighted by atomic mass is 10.0. The van der Waals surface area contributed by atoms with Crippen molar-refractivity contribution in [2.24, 2.45) is 0 Å². The number of rotatable bonds is 7. The van der Waals surface area contributed by atoms with Gasteiger partial charge in [-0.05, 0) is 37.7 Å². The van der Waals surface area contributed by atoms with Gasteiger partial charge in [-0.15, -0.1) is 0 Å². The van der Waals surface area contributed by atoms with Gasteiger partial charge in [-0.1, -0.05) is 18.2 Å². The first-order valence-electron chi connectivity index (χ1n) is 7.06. The Morgan fingerprint density at radius 3 is 2.71 bits per heavy atom. The van der Waals surface area contributed by atoms with E-state index in [4.69, 9.17) is 9.47 Å². The highest BCUT2D eigenvalue weighted by molar-refractivity contribution is 5.40. The van der Waals surface area contributed by atoms with E-state index < -0.39 is 0 Å². The predicted molar refractivity (Wildman–Crippen MR) is 83.7 cm³/mol. The molecule has 0 aliphatic carbocycles. The van der Waals surface area contributed by atoms with E-state index in [0.29, 0.717) is 13.2 Å². The molecule has 0 radical (unpaired) electrons. The van der Waals surface area contributed by atoms with Crippen molar-refractivity contribution in [3.63, 3.8) is 0 Å². The molecule has 1 aromatic carbocycles. The number of nitrogens with zero attached hydrogens (tertiary/aromatic N) is 1. The van der Waals surface area contributed by atoms with E-state index in [1.165, 1.54) is 5.56 Å². The Labute approximate surface area is 126 Å². The Hall–Kier alpha value is -1.91. The van der Waals surface area contributed by atoms with E-state index in [2.05, 4.69) is 29.4 Å². The SMILES string of the molecule is CNC(c1cc(C)ccn1)c1ccccc1OCCOC. The van der Waals surface area contributed by atoms with E-state index >= 15 is 0 Å². The van der Waals surface area contributed by atoms with Crippen molar-refractivity contribution in [2.45, 2.75) is 13.0 Å². The molecule has 2 aromatic rings. The number of para-hydroxylation sites is 1. The van der Waals surface area contributed by atoms with Crippen LogP contribution in [0.15, 0.2) is 42.6 Å². The van der Waals surface area contributed by atoms with Crippen molar-refractivity contribution in [3.05, 3.63) is 59.4 Å². The molecule has 1 heterocycles. The van der Waals surface area contributed by atoms with E-state index in [1.807, 2.05) is 37.5 Å². The first kappa shape index (κ1) is 15.5. The number of pyridine rings is 1. The van der Waals surface area contributed by atoms with Gasteiger partial charge in [-0.3, -0.25) is 4.98 Å². The fraction of sp³-hybridized carbons (Fsp3) is 0.353. The van der Waals surface area contributed by atoms with Gasteiger partial charge in [0.05, 0.1) is 18.3 Å². The molecule has 0 spiro atoms. The van der Waals surface area contributed by atoms with Crippen molar-refractivity contribution in [1.29, 1.82) is 0 Å². The molecule has 1 N–H and O–H groups in total. The van der Waals surface area contributed by atoms with E-state index in [0.717, 1.165) is 17.0 Å². The minimum atomic E-state index is 0.00337. The second-order valence-corrected chi connectivity index (χ2v) is 4.86. The maximum atomic E-state index is 5.82. The molecule has 0 fully saturated rings. The Morgan fingerprint density at radius 1 is 1.19 bits per heavy atom. The number of ether oxygens (including phenoxy) is 2. The molecule has 1 unspecified atom stereocenters. The van der Waals surface area contributed by atoms with E-state index in [9.17, 15) is 0 Å². The van der Waals surface area contributed by atoms with Crippen LogP contribution in [0, 0.1) is 6.92 Å². The van der Waals surface area contributed by atoms with Gasteiger partial charge in [-0.25, -0.2) is 0 Å². The quantitative estimate of drug-likeness (QED) is 0.795. The molecule has 0 saturated heterocycles. The topological polar surface area (TPSA) is 43.4 Å². The molecular formula is C17H22N2O2. The minimum Gasteiger partial charge on any atom is -0.491 e. The van der Waals surface area contributed by atoms with Gasteiger partial charge in [-0.2, -0.15) is 0 Å². The third-order valence-electron chi connectivity index (χ3n) is 3.30. The molecule has 112 valence electrons. The van der Waals surface area contributed by atoms with Crippen LogP contribution in [0.5, 0.6) is 5.75 Å². The highest BCUT2D eigenvalue weighted by Crippen LogP contribution is 2.29. The van der Waals surface area contributed by atoms with Crippen LogP contribution >= 0.6 is 0 Å². The standard InChI is InChI=1S/C17H22N2O2/c1-13-8-9-19-15(12-13)17(18-2)14-6-4-5-7-16(14)21-11-10-20-3/h4-9,12,17-18H,10-11H2,1-3H3. The van der Waals surface area contributed by atoms with Gasteiger partial charge in [0.25, 0.3) is 0 Å². The summed E-state index contributed by atoms with van der Waals surface area (Å²) in [6.07, 6.45) is 1.84. The lowest BCUT2D eigenvalue weighted by Crippen LogP contribution is -2.20. The number of nitrogens with one attached hydrogen (secondary N) is 1. The number of aryl methyl sites for hydroxylation is 1. The number of methoxy groups -OCH3 is 1. The minimum absolute atomic E-state index is 0.00337. The van der Waals surface area contributed by atoms with Gasteiger partial charge in [0, 0.05) is 18.9 Å². The highest BCUT2D eigenvalue weighted by Gasteiger charge is 2.17. The molecule has 0 saturated carbocycles. The Balaban J connectivity index is 2.29. The van der Waals surface area contributed by atoms with Crippen LogP contribution in [0.25, 0.3) is 0 Å². The summed E-state index contributed by atoms with van der Waals surface area (Å²) < 4.78 is 10.9. The third-order valence-corrected chi connectivity index (χ3v) is 3.30. The summed E-state index contributed by atoms with van der Waals surface area (Å²) in [5.74, 6) is 0.859. The second kappa shape index (κ2) is 7.76. The summed E-state index contributed by atoms with van der Waals surface area (Å²) in [5.41, 5.74) is 3.26. The molecule has 0 amide bonds. The van der Waals surface area contributed by atoms with Crippen LogP contribution in [0.2, 0.25) is 0 Å². The van der Waals surface area contributed by atoms with Crippen LogP contribution in [-0.4, -0.2) is 32.4 Å². The van der Waals surface area contributed by atoms with Crippen LogP contribution in [0.3, 0.4) is 0 Å². The molecule has 2 rings (SSSR count). The summed E-state index contributed by atoms with van der Waals surface area (Å²) in [6, 6.07) is 12.1. The smallest absolute Gasteiger partial charge is 0.124 e. The summed E-state index contributed by atoms with van der Waals surface area (Å²) in [4.78, 5) is 4.48. The van der Waals surface area contributed by atoms with Crippen molar-refractivity contribution in [2.75, 3.05) is 27.4 Å². The summed E-state index contributed by atoms with van der Waals surface area (Å²) >= 11 is 0. The zero-order valence-corrected chi connectivity index (χ0v) is 12.8. The maximum absolute atomic E-state index is 5.82. The van der Waals surface area contributed by atoms with Crippen molar-refractivity contribution >= 4 is 0 Å². The molecule has 0 aliphatic heterocycles. The first-order valence-corrected chi connectivity index (χ1v) is 7.06. The van der Waals surface area contributed by atoms with Crippen LogP contribution < -0.4 is 10.1 Å². The zero-order valence-electron chi connectivity index (χ0n) is 12.8. The first-order chi connectivity index (χ1) is 10.3. The van der Waals surface area contributed by atoms with Crippen molar-refractivity contribution in [3.8, 4) is 5.75 Å². The fourth-order valence-corrected chi connectivity index (χ4v) is 2.27. The van der Waals surface area contributed by atoms with Crippen LogP contribution in [-0.2, 0) is 4.74 Å². The van der Waals surface area contributed by atoms with E-state index in [-0.39, 0.29) is 6.04 Å². The van der Waals surface area contributed by atoms with Gasteiger partial charge < -0.3 is 14.8 Å². The number of hydrogen-bond acceptors (Lipinski definition) is 4. The summed E-state index contributed by atoms with van der Waals surface area (Å²) in [6.45, 7) is 3.17. The Kier molecular flexibility index (Phi) is 5.72. The van der Waals surface area contributed by atoms with Crippen molar-refractivity contribution < 1.29 is 9.47 Å². The fourth-order valence-electron chi connectivity index (χ4n) is 2.27. The van der Waals surface area contributed by atoms with Gasteiger partial charge in [0.1, 0.15) is 12.4 Å². The molecule has 21 heavy (non-hydrogen) atoms. The lowest BCUT2D eigenvalue weighted by Gasteiger charge is -2.20. The van der Waals surface area contributed by atoms with E-state index in [1.54, 1.807) is 7.11 Å². The number of benzene rings is 1. The predicted octanol–water partition coefficient (Wildman–Crippen LogP) is 2.72. The van der Waals surface area contributed by atoms with Gasteiger partial charge >= 0.3 is 0 Å². The zero-order chi connectivity index (χ0) is 15.1. The summed E-state index contributed by atoms with van der Waals surface area (Å²) in [7, 11) is 3.60. The third kappa shape index (κ3) is 4.03. The summed E-state index contributed by atoms with van der Waals surface area (Å²) in [5, 5.41) is 3.32. The average molecular weight is 286 g/mol. The van der Waals surface area contributed by atoms with Gasteiger partial charge in [0.15, 0.2) is 0 Å². The second-order valence-electron chi connectivity index (χ2n) is 4.86. The molecule has 0 aliphatic rings. The van der Waals surface area contributed by atoms with Crippen molar-refractivity contribution in [1.82, 2.24) is 10.3 Å². The monoisotopic (exact) mass is 286 g/mol. The maximum Gasteiger partial charge on any atom is 0.124 e. The highest BCUT2D eigenvalue weighted by atomic mass is 16.5. The number of hydrogen-bond donors (Lipinski definition) is 1. The average Bonchev–Trinajstić information content (AvgIpc) is 2.50. The largest absolute Gasteiger partial charge is 0.491 e. The Bertz CT molecular complexity index is 572. The lowest BCUT2D eigenvalue weighted by molar-refractivity contribution is 0.145. The molecular weight excluding hydrogens is 264 g/mol. The normalized spacial score (nSPS) is 12.1. The van der Waals surface area contributed by atoms with Gasteiger partial charge in [0.2, 0.25) is 0 Å². The van der Waals surface area contributed by atoms with Crippen LogP contribution in [0.4, 0.5) is 0 Å². The van der Waals surface area contributed by atoms with Crippen LogP contribution in [0.1, 0.15) is 22.9 Å². The molecule has 4 heteroatoms. The molecule has 1 aromatic heterocycles. The molecule has 0 bridgehead atoms. The molecule has 1 atom stereocenters.